The minimum atomic E-state index is -1.25. The third-order valence-corrected chi connectivity index (χ3v) is 19.5. The fourth-order valence-corrected chi connectivity index (χ4v) is 15.4. The predicted molar refractivity (Wildman–Crippen MR) is 253 cm³/mol. The largest absolute Gasteiger partial charge is 0.481 e. The summed E-state index contributed by atoms with van der Waals surface area (Å²) in [5, 5.41) is 13.5. The number of carbonyl (C=O) groups is 4. The second-order valence-corrected chi connectivity index (χ2v) is 24.7. The maximum atomic E-state index is 13.8. The molecule has 1 unspecified atom stereocenters. The Morgan fingerprint density at radius 1 is 0.912 bits per heavy atom. The van der Waals surface area contributed by atoms with Crippen molar-refractivity contribution in [3.8, 4) is 0 Å². The van der Waals surface area contributed by atoms with Crippen LogP contribution in [0.15, 0.2) is 33.1 Å². The first-order valence-corrected chi connectivity index (χ1v) is 25.0. The van der Waals surface area contributed by atoms with Gasteiger partial charge in [0.2, 0.25) is 0 Å². The molecule has 16 nitrogen and oxygen atoms in total. The number of aromatic amines is 1. The standard InChI is InChI=1S/C52H77N5O11/c1-29(2)31-15-20-52(28-66-39(58)24-47(6,7)44(63)65-27-34-33(55-56-53)23-38(67-34)57-26-30(3)42(60)54-45(57)64)22-21-50(11)32(41(31)52)13-14-36-49(10)18-17-37(68-40(59)25-46(4,5)43(61)62)48(8,9)35(49)16-19-51(36,50)12/h26,31-38,41H,1,13-25,27-28H2,2-12H3,(H,61,62)(H,54,60,64)/t31-,32+,33?,34+,35-,36+,37-,38+,41+,49-,50+,51+,52+/m0/s1. The number of nitrogens with zero attached hydrogens (tertiary/aromatic N) is 4. The molecule has 0 radical (unpaired) electrons. The molecule has 6 fully saturated rings. The molecule has 7 rings (SSSR count). The number of hydrogen-bond donors (Lipinski definition) is 2. The number of azide groups is 1. The smallest absolute Gasteiger partial charge is 0.330 e. The SMILES string of the molecule is C=C(C)[C@@H]1CC[C@]2(COC(=O)CC(C)(C)C(=O)OC[C@H]3O[C@@H](n4cc(C)c(=O)[nH]c4=O)CC3N=[N+]=[N-])CC[C@]3(C)[C@H](CC[C@@H]4[C@@]5(C)CC[C@H](OC(=O)CC(C)(C)C(=O)O)C(C)(C)[C@@H]5CC[C@]43C)[C@@H]12. The van der Waals surface area contributed by atoms with Crippen LogP contribution in [-0.2, 0) is 38.1 Å². The number of aromatic nitrogens is 2. The third kappa shape index (κ3) is 8.76. The number of allylic oxidation sites excluding steroid dienone is 1. The molecule has 1 saturated heterocycles. The number of carboxylic acid groups (broad SMARTS) is 1. The zero-order chi connectivity index (χ0) is 50.2. The summed E-state index contributed by atoms with van der Waals surface area (Å²) in [6.07, 6.45) is 9.05. The van der Waals surface area contributed by atoms with E-state index in [0.717, 1.165) is 64.2 Å². The number of esters is 3. The van der Waals surface area contributed by atoms with Crippen LogP contribution < -0.4 is 11.2 Å². The van der Waals surface area contributed by atoms with Gasteiger partial charge in [-0.05, 0) is 157 Å². The van der Waals surface area contributed by atoms with Crippen molar-refractivity contribution in [1.82, 2.24) is 9.55 Å². The molecule has 376 valence electrons. The van der Waals surface area contributed by atoms with Gasteiger partial charge in [-0.15, -0.1) is 0 Å². The summed E-state index contributed by atoms with van der Waals surface area (Å²) in [5.74, 6) is -0.731. The summed E-state index contributed by atoms with van der Waals surface area (Å²) in [7, 11) is 0. The monoisotopic (exact) mass is 948 g/mol. The molecule has 2 N–H and O–H groups in total. The molecule has 0 amide bonds. The van der Waals surface area contributed by atoms with Gasteiger partial charge in [0.1, 0.15) is 25.0 Å². The van der Waals surface area contributed by atoms with E-state index in [0.29, 0.717) is 35.2 Å². The van der Waals surface area contributed by atoms with E-state index < -0.39 is 64.3 Å². The molecular weight excluding hydrogens is 871 g/mol. The lowest BCUT2D eigenvalue weighted by Gasteiger charge is -2.73. The molecule has 68 heavy (non-hydrogen) atoms. The third-order valence-electron chi connectivity index (χ3n) is 19.5. The Kier molecular flexibility index (Phi) is 13.7. The van der Waals surface area contributed by atoms with E-state index in [4.69, 9.17) is 18.9 Å². The summed E-state index contributed by atoms with van der Waals surface area (Å²) < 4.78 is 25.4. The number of aryl methyl sites for hydroxylation is 1. The summed E-state index contributed by atoms with van der Waals surface area (Å²) in [4.78, 5) is 82.1. The van der Waals surface area contributed by atoms with Gasteiger partial charge in [0.15, 0.2) is 0 Å². The molecule has 0 spiro atoms. The average molecular weight is 948 g/mol. The van der Waals surface area contributed by atoms with Crippen LogP contribution in [0.25, 0.3) is 10.4 Å². The molecule has 1 aromatic heterocycles. The highest BCUT2D eigenvalue weighted by Crippen LogP contribution is 2.77. The molecule has 13 atom stereocenters. The van der Waals surface area contributed by atoms with E-state index in [2.05, 4.69) is 63.1 Å². The summed E-state index contributed by atoms with van der Waals surface area (Å²) in [5.41, 5.74) is 6.74. The van der Waals surface area contributed by atoms with Gasteiger partial charge in [0, 0.05) is 33.9 Å². The summed E-state index contributed by atoms with van der Waals surface area (Å²) >= 11 is 0. The van der Waals surface area contributed by atoms with Crippen LogP contribution in [0.5, 0.6) is 0 Å². The number of aliphatic carboxylic acids is 1. The zero-order valence-electron chi connectivity index (χ0n) is 42.4. The van der Waals surface area contributed by atoms with Crippen LogP contribution in [0.3, 0.4) is 0 Å². The second-order valence-electron chi connectivity index (χ2n) is 24.7. The highest BCUT2D eigenvalue weighted by Gasteiger charge is 2.71. The van der Waals surface area contributed by atoms with Gasteiger partial charge in [0.25, 0.3) is 5.56 Å². The topological polar surface area (TPSA) is 229 Å². The highest BCUT2D eigenvalue weighted by atomic mass is 16.6. The van der Waals surface area contributed by atoms with E-state index in [1.165, 1.54) is 16.3 Å². The van der Waals surface area contributed by atoms with Crippen LogP contribution in [0.4, 0.5) is 0 Å². The van der Waals surface area contributed by atoms with E-state index >= 15 is 0 Å². The van der Waals surface area contributed by atoms with Crippen molar-refractivity contribution in [2.75, 3.05) is 13.2 Å². The molecule has 2 heterocycles. The highest BCUT2D eigenvalue weighted by molar-refractivity contribution is 5.83. The van der Waals surface area contributed by atoms with E-state index in [1.54, 1.807) is 34.6 Å². The molecular formula is C52H77N5O11. The Balaban J connectivity index is 1.01. The van der Waals surface area contributed by atoms with E-state index in [9.17, 15) is 39.4 Å². The number of ether oxygens (including phenoxy) is 4. The maximum Gasteiger partial charge on any atom is 0.330 e. The summed E-state index contributed by atoms with van der Waals surface area (Å²) in [6, 6.07) is -0.752. The Hall–Kier alpha value is -4.43. The minimum absolute atomic E-state index is 0.0389. The number of nitrogens with one attached hydrogen (secondary N) is 1. The Bertz CT molecular complexity index is 2360. The van der Waals surface area contributed by atoms with Crippen molar-refractivity contribution in [3.05, 3.63) is 55.2 Å². The van der Waals surface area contributed by atoms with E-state index in [1.807, 2.05) is 0 Å². The molecule has 0 aromatic carbocycles. The molecule has 1 aromatic rings. The Morgan fingerprint density at radius 3 is 2.26 bits per heavy atom. The van der Waals surface area contributed by atoms with Crippen molar-refractivity contribution in [3.63, 3.8) is 0 Å². The first kappa shape index (κ1) is 51.4. The lowest BCUT2D eigenvalue weighted by atomic mass is 9.32. The lowest BCUT2D eigenvalue weighted by molar-refractivity contribution is -0.252. The predicted octanol–water partition coefficient (Wildman–Crippen LogP) is 9.38. The fraction of sp³-hybridized carbons (Fsp3) is 0.808. The quantitative estimate of drug-likeness (QED) is 0.0446. The van der Waals surface area contributed by atoms with Gasteiger partial charge in [-0.1, -0.05) is 51.9 Å². The van der Waals surface area contributed by atoms with Gasteiger partial charge in [-0.25, -0.2) is 4.79 Å². The van der Waals surface area contributed by atoms with Crippen LogP contribution in [0.2, 0.25) is 0 Å². The number of carboxylic acids is 1. The molecule has 5 aliphatic carbocycles. The zero-order valence-corrected chi connectivity index (χ0v) is 42.4. The maximum absolute atomic E-state index is 13.8. The van der Waals surface area contributed by atoms with Gasteiger partial charge in [0.05, 0.1) is 36.3 Å². The molecule has 1 aliphatic heterocycles. The first-order chi connectivity index (χ1) is 31.6. The number of H-pyrrole nitrogens is 1. The lowest BCUT2D eigenvalue weighted by Crippen LogP contribution is -2.67. The molecule has 16 heteroatoms. The Labute approximate surface area is 400 Å². The van der Waals surface area contributed by atoms with Crippen LogP contribution >= 0.6 is 0 Å². The Morgan fingerprint density at radius 2 is 1.60 bits per heavy atom. The van der Waals surface area contributed by atoms with E-state index in [-0.39, 0.29) is 65.7 Å². The second kappa shape index (κ2) is 18.1. The van der Waals surface area contributed by atoms with Crippen molar-refractivity contribution in [1.29, 1.82) is 0 Å². The van der Waals surface area contributed by atoms with Gasteiger partial charge < -0.3 is 24.1 Å². The fourth-order valence-electron chi connectivity index (χ4n) is 15.4. The minimum Gasteiger partial charge on any atom is -0.481 e. The number of carbonyl (C=O) groups excluding carboxylic acids is 3. The number of hydrogen-bond acceptors (Lipinski definition) is 11. The molecule has 5 saturated carbocycles. The summed E-state index contributed by atoms with van der Waals surface area (Å²) in [6.45, 7) is 26.8. The van der Waals surface area contributed by atoms with Crippen molar-refractivity contribution in [2.24, 2.45) is 72.6 Å². The number of fused-ring (bicyclic) bond motifs is 7. The van der Waals surface area contributed by atoms with Gasteiger partial charge in [-0.3, -0.25) is 33.5 Å². The van der Waals surface area contributed by atoms with Gasteiger partial charge >= 0.3 is 29.6 Å². The van der Waals surface area contributed by atoms with Crippen LogP contribution in [0.1, 0.15) is 164 Å². The van der Waals surface area contributed by atoms with Crippen molar-refractivity contribution in [2.45, 2.75) is 184 Å². The van der Waals surface area contributed by atoms with Crippen LogP contribution in [-0.4, -0.2) is 70.0 Å². The normalized spacial score (nSPS) is 37.2. The molecule has 6 aliphatic rings. The van der Waals surface area contributed by atoms with Gasteiger partial charge in [-0.2, -0.15) is 0 Å². The van der Waals surface area contributed by atoms with Crippen LogP contribution in [0, 0.1) is 74.4 Å². The average Bonchev–Trinajstić information content (AvgIpc) is 3.83. The number of rotatable bonds is 14. The molecule has 0 bridgehead atoms. The first-order valence-electron chi connectivity index (χ1n) is 25.0. The van der Waals surface area contributed by atoms with Crippen molar-refractivity contribution >= 4 is 23.9 Å². The van der Waals surface area contributed by atoms with Crippen molar-refractivity contribution < 1.29 is 43.2 Å².